The van der Waals surface area contributed by atoms with E-state index < -0.39 is 21.4 Å². The van der Waals surface area contributed by atoms with Gasteiger partial charge in [0, 0.05) is 0 Å². The molecule has 0 bridgehead atoms. The topological polar surface area (TPSA) is 94.8 Å². The number of Topliss-reactive ketones (excluding diaryl/α,β-unsaturated/α-hetero) is 1. The Morgan fingerprint density at radius 3 is 2.56 bits per heavy atom. The maximum atomic E-state index is 11.9. The van der Waals surface area contributed by atoms with Crippen LogP contribution < -0.4 is 0 Å². The molecule has 0 spiro atoms. The van der Waals surface area contributed by atoms with Crippen LogP contribution >= 0.6 is 0 Å². The van der Waals surface area contributed by atoms with Crippen LogP contribution in [0.25, 0.3) is 5.69 Å². The third-order valence-electron chi connectivity index (χ3n) is 2.11. The number of nitrogens with zero attached hydrogens (tertiary/aromatic N) is 4. The van der Waals surface area contributed by atoms with Gasteiger partial charge < -0.3 is 0 Å². The molecule has 2 aromatic rings. The average molecular weight is 266 g/mol. The van der Waals surface area contributed by atoms with Gasteiger partial charge in [0.1, 0.15) is 11.5 Å². The van der Waals surface area contributed by atoms with Crippen LogP contribution in [0.1, 0.15) is 6.92 Å². The molecule has 7 nitrogen and oxygen atoms in total. The SMILES string of the molecule is CC(=O)CS(=O)(=O)c1nnnn1-c1ccccc1. The van der Waals surface area contributed by atoms with E-state index in [1.165, 1.54) is 6.92 Å². The third kappa shape index (κ3) is 2.43. The first-order valence-electron chi connectivity index (χ1n) is 5.07. The number of hydrogen-bond acceptors (Lipinski definition) is 6. The second-order valence-electron chi connectivity index (χ2n) is 3.67. The number of carbonyl (C=O) groups excluding carboxylic acids is 1. The summed E-state index contributed by atoms with van der Waals surface area (Å²) in [6.07, 6.45) is 0. The van der Waals surface area contributed by atoms with E-state index in [1.807, 2.05) is 0 Å². The van der Waals surface area contributed by atoms with Crippen molar-refractivity contribution in [2.75, 3.05) is 5.75 Å². The molecule has 0 N–H and O–H groups in total. The maximum Gasteiger partial charge on any atom is 0.272 e. The van der Waals surface area contributed by atoms with Crippen molar-refractivity contribution in [2.45, 2.75) is 12.1 Å². The van der Waals surface area contributed by atoms with Crippen molar-refractivity contribution in [1.29, 1.82) is 0 Å². The molecular weight excluding hydrogens is 256 g/mol. The lowest BCUT2D eigenvalue weighted by Gasteiger charge is -2.03. The number of para-hydroxylation sites is 1. The van der Waals surface area contributed by atoms with E-state index in [4.69, 9.17) is 0 Å². The summed E-state index contributed by atoms with van der Waals surface area (Å²) in [5.41, 5.74) is 0.518. The smallest absolute Gasteiger partial charge is 0.272 e. The summed E-state index contributed by atoms with van der Waals surface area (Å²) in [6.45, 7) is 1.20. The summed E-state index contributed by atoms with van der Waals surface area (Å²) >= 11 is 0. The van der Waals surface area contributed by atoms with Crippen LogP contribution in [0.15, 0.2) is 35.5 Å². The highest BCUT2D eigenvalue weighted by Crippen LogP contribution is 2.12. The first kappa shape index (κ1) is 12.4. The van der Waals surface area contributed by atoms with Crippen LogP contribution in [0.3, 0.4) is 0 Å². The number of sulfone groups is 1. The lowest BCUT2D eigenvalue weighted by atomic mass is 10.3. The van der Waals surface area contributed by atoms with Crippen molar-refractivity contribution in [3.63, 3.8) is 0 Å². The minimum Gasteiger partial charge on any atom is -0.299 e. The van der Waals surface area contributed by atoms with Gasteiger partial charge in [-0.05, 0) is 29.5 Å². The molecule has 1 aromatic heterocycles. The summed E-state index contributed by atoms with van der Waals surface area (Å²) in [7, 11) is -3.82. The van der Waals surface area contributed by atoms with Crippen molar-refractivity contribution >= 4 is 15.6 Å². The molecule has 0 unspecified atom stereocenters. The number of carbonyl (C=O) groups is 1. The Kier molecular flexibility index (Phi) is 3.19. The summed E-state index contributed by atoms with van der Waals surface area (Å²) in [5, 5.41) is 10.1. The Bertz CT molecular complexity index is 663. The molecule has 18 heavy (non-hydrogen) atoms. The summed E-state index contributed by atoms with van der Waals surface area (Å²) in [6, 6.07) is 8.60. The first-order valence-corrected chi connectivity index (χ1v) is 6.72. The molecule has 1 aromatic carbocycles. The number of hydrogen-bond donors (Lipinski definition) is 0. The Hall–Kier alpha value is -2.09. The van der Waals surface area contributed by atoms with E-state index in [-0.39, 0.29) is 5.16 Å². The van der Waals surface area contributed by atoms with Gasteiger partial charge in [-0.15, -0.1) is 0 Å². The van der Waals surface area contributed by atoms with Crippen molar-refractivity contribution < 1.29 is 13.2 Å². The fourth-order valence-corrected chi connectivity index (χ4v) is 2.67. The molecule has 0 saturated carbocycles. The predicted molar refractivity (Wildman–Crippen MR) is 61.9 cm³/mol. The number of aromatic nitrogens is 4. The molecule has 8 heteroatoms. The lowest BCUT2D eigenvalue weighted by Crippen LogP contribution is -2.18. The molecule has 2 rings (SSSR count). The maximum absolute atomic E-state index is 11.9. The summed E-state index contributed by atoms with van der Waals surface area (Å²) in [4.78, 5) is 10.9. The third-order valence-corrected chi connectivity index (χ3v) is 3.71. The Morgan fingerprint density at radius 1 is 1.28 bits per heavy atom. The Labute approximate surface area is 103 Å². The van der Waals surface area contributed by atoms with Crippen molar-refractivity contribution in [3.8, 4) is 5.69 Å². The van der Waals surface area contributed by atoms with Gasteiger partial charge in [0.15, 0.2) is 0 Å². The largest absolute Gasteiger partial charge is 0.299 e. The lowest BCUT2D eigenvalue weighted by molar-refractivity contribution is -0.114. The van der Waals surface area contributed by atoms with E-state index in [0.717, 1.165) is 4.68 Å². The number of tetrazole rings is 1. The normalized spacial score (nSPS) is 11.4. The number of rotatable bonds is 4. The average Bonchev–Trinajstić information content (AvgIpc) is 2.78. The number of benzene rings is 1. The highest BCUT2D eigenvalue weighted by Gasteiger charge is 2.25. The predicted octanol–water partition coefficient (Wildman–Crippen LogP) is 0.0250. The van der Waals surface area contributed by atoms with Gasteiger partial charge >= 0.3 is 0 Å². The molecule has 0 aliphatic heterocycles. The van der Waals surface area contributed by atoms with Crippen molar-refractivity contribution in [2.24, 2.45) is 0 Å². The molecule has 0 amide bonds. The zero-order valence-electron chi connectivity index (χ0n) is 9.52. The summed E-state index contributed by atoms with van der Waals surface area (Å²) < 4.78 is 24.9. The Balaban J connectivity index is 2.50. The van der Waals surface area contributed by atoms with Crippen LogP contribution in [0.2, 0.25) is 0 Å². The quantitative estimate of drug-likeness (QED) is 0.774. The van der Waals surface area contributed by atoms with Gasteiger partial charge in [-0.2, -0.15) is 4.68 Å². The molecule has 0 fully saturated rings. The van der Waals surface area contributed by atoms with Crippen LogP contribution in [-0.4, -0.2) is 40.2 Å². The van der Waals surface area contributed by atoms with Gasteiger partial charge in [-0.3, -0.25) is 4.79 Å². The van der Waals surface area contributed by atoms with Crippen molar-refractivity contribution in [1.82, 2.24) is 20.2 Å². The molecule has 1 heterocycles. The monoisotopic (exact) mass is 266 g/mol. The van der Waals surface area contributed by atoms with Gasteiger partial charge in [0.2, 0.25) is 9.84 Å². The van der Waals surface area contributed by atoms with Gasteiger partial charge in [-0.1, -0.05) is 23.3 Å². The van der Waals surface area contributed by atoms with Crippen LogP contribution in [0, 0.1) is 0 Å². The van der Waals surface area contributed by atoms with Crippen molar-refractivity contribution in [3.05, 3.63) is 30.3 Å². The molecule has 94 valence electrons. The Morgan fingerprint density at radius 2 is 1.94 bits per heavy atom. The van der Waals surface area contributed by atoms with Gasteiger partial charge in [0.05, 0.1) is 5.69 Å². The second kappa shape index (κ2) is 4.65. The first-order chi connectivity index (χ1) is 8.50. The molecular formula is C10H10N4O3S. The van der Waals surface area contributed by atoms with Crippen LogP contribution in [0.5, 0.6) is 0 Å². The molecule has 0 saturated heterocycles. The van der Waals surface area contributed by atoms with Crippen LogP contribution in [0.4, 0.5) is 0 Å². The highest BCUT2D eigenvalue weighted by atomic mass is 32.2. The fourth-order valence-electron chi connectivity index (χ4n) is 1.44. The van der Waals surface area contributed by atoms with E-state index in [9.17, 15) is 13.2 Å². The van der Waals surface area contributed by atoms with E-state index in [2.05, 4.69) is 15.5 Å². The number of ketones is 1. The molecule has 0 atom stereocenters. The van der Waals surface area contributed by atoms with Gasteiger partial charge in [0.25, 0.3) is 5.16 Å². The second-order valence-corrected chi connectivity index (χ2v) is 5.55. The van der Waals surface area contributed by atoms with E-state index >= 15 is 0 Å². The summed E-state index contributed by atoms with van der Waals surface area (Å²) in [5.74, 6) is -1.07. The van der Waals surface area contributed by atoms with E-state index in [0.29, 0.717) is 5.69 Å². The zero-order chi connectivity index (χ0) is 13.2. The highest BCUT2D eigenvalue weighted by molar-refractivity contribution is 7.91. The molecule has 0 aliphatic rings. The zero-order valence-corrected chi connectivity index (χ0v) is 10.3. The van der Waals surface area contributed by atoms with Gasteiger partial charge in [-0.25, -0.2) is 8.42 Å². The fraction of sp³-hybridized carbons (Fsp3) is 0.200. The molecule has 0 radical (unpaired) electrons. The minimum atomic E-state index is -3.82. The van der Waals surface area contributed by atoms with Crippen LogP contribution in [-0.2, 0) is 14.6 Å². The standard InChI is InChI=1S/C10H10N4O3S/c1-8(15)7-18(16,17)10-11-12-13-14(10)9-5-3-2-4-6-9/h2-6H,7H2,1H3. The molecule has 0 aliphatic carbocycles. The van der Waals surface area contributed by atoms with E-state index in [1.54, 1.807) is 30.3 Å². The minimum absolute atomic E-state index is 0.330.